The maximum absolute atomic E-state index is 5.25. The Kier molecular flexibility index (Phi) is 3.75. The van der Waals surface area contributed by atoms with Gasteiger partial charge in [0.15, 0.2) is 5.82 Å². The van der Waals surface area contributed by atoms with E-state index in [1.54, 1.807) is 7.11 Å². The molecule has 0 N–H and O–H groups in total. The largest absolute Gasteiger partial charge is 0.497 e. The average Bonchev–Trinajstić information content (AvgIpc) is 3.01. The molecule has 3 heterocycles. The minimum absolute atomic E-state index is 0.745. The third-order valence-electron chi connectivity index (χ3n) is 4.14. The number of rotatable bonds is 4. The number of ether oxygens (including phenoxy) is 1. The zero-order valence-electron chi connectivity index (χ0n) is 13.5. The molecular formula is C19H18N4O. The van der Waals surface area contributed by atoms with E-state index in [-0.39, 0.29) is 0 Å². The van der Waals surface area contributed by atoms with Gasteiger partial charge < -0.3 is 14.5 Å². The SMILES string of the molecule is COc1ccc(N2CN(Cc3ccccn3)c3cccnc32)cc1. The van der Waals surface area contributed by atoms with E-state index in [0.29, 0.717) is 0 Å². The normalized spacial score (nSPS) is 13.0. The van der Waals surface area contributed by atoms with Crippen LogP contribution in [0.25, 0.3) is 0 Å². The first kappa shape index (κ1) is 14.5. The lowest BCUT2D eigenvalue weighted by Gasteiger charge is -2.21. The first-order valence-electron chi connectivity index (χ1n) is 7.86. The molecule has 0 saturated carbocycles. The van der Waals surface area contributed by atoms with Crippen LogP contribution in [0.4, 0.5) is 17.2 Å². The van der Waals surface area contributed by atoms with Crippen molar-refractivity contribution in [1.29, 1.82) is 0 Å². The summed E-state index contributed by atoms with van der Waals surface area (Å²) in [6.45, 7) is 1.50. The smallest absolute Gasteiger partial charge is 0.158 e. The van der Waals surface area contributed by atoms with Crippen LogP contribution in [0.3, 0.4) is 0 Å². The van der Waals surface area contributed by atoms with Gasteiger partial charge in [-0.2, -0.15) is 0 Å². The summed E-state index contributed by atoms with van der Waals surface area (Å²) in [6, 6.07) is 18.1. The van der Waals surface area contributed by atoms with Gasteiger partial charge >= 0.3 is 0 Å². The van der Waals surface area contributed by atoms with Gasteiger partial charge in [-0.25, -0.2) is 4.98 Å². The predicted octanol–water partition coefficient (Wildman–Crippen LogP) is 3.60. The first-order chi connectivity index (χ1) is 11.8. The zero-order chi connectivity index (χ0) is 16.4. The van der Waals surface area contributed by atoms with Gasteiger partial charge in [0.2, 0.25) is 0 Å². The first-order valence-corrected chi connectivity index (χ1v) is 7.86. The number of pyridine rings is 2. The third-order valence-corrected chi connectivity index (χ3v) is 4.14. The summed E-state index contributed by atoms with van der Waals surface area (Å²) in [6.07, 6.45) is 3.66. The Bertz CT molecular complexity index is 820. The van der Waals surface area contributed by atoms with Gasteiger partial charge in [-0.05, 0) is 48.5 Å². The highest BCUT2D eigenvalue weighted by Gasteiger charge is 2.28. The minimum Gasteiger partial charge on any atom is -0.497 e. The van der Waals surface area contributed by atoms with Gasteiger partial charge in [0.25, 0.3) is 0 Å². The average molecular weight is 318 g/mol. The standard InChI is InChI=1S/C19H18N4O/c1-24-17-9-7-16(8-10-17)23-14-22(13-15-5-2-3-11-20-15)18-6-4-12-21-19(18)23/h2-12H,13-14H2,1H3. The molecule has 0 aliphatic carbocycles. The van der Waals surface area contributed by atoms with Crippen LogP contribution in [0.15, 0.2) is 67.0 Å². The molecule has 1 aliphatic rings. The molecule has 5 nitrogen and oxygen atoms in total. The second kappa shape index (κ2) is 6.20. The fourth-order valence-corrected chi connectivity index (χ4v) is 2.95. The van der Waals surface area contributed by atoms with Crippen LogP contribution in [0.2, 0.25) is 0 Å². The van der Waals surface area contributed by atoms with Gasteiger partial charge in [-0.15, -0.1) is 0 Å². The van der Waals surface area contributed by atoms with Crippen molar-refractivity contribution >= 4 is 17.2 Å². The van der Waals surface area contributed by atoms with Crippen molar-refractivity contribution in [2.45, 2.75) is 6.54 Å². The zero-order valence-corrected chi connectivity index (χ0v) is 13.5. The Hall–Kier alpha value is -3.08. The van der Waals surface area contributed by atoms with Crippen LogP contribution in [0.1, 0.15) is 5.69 Å². The predicted molar refractivity (Wildman–Crippen MR) is 94.7 cm³/mol. The molecule has 1 aliphatic heterocycles. The van der Waals surface area contributed by atoms with Crippen molar-refractivity contribution in [2.75, 3.05) is 23.6 Å². The Morgan fingerprint density at radius 2 is 1.79 bits per heavy atom. The summed E-state index contributed by atoms with van der Waals surface area (Å²) in [4.78, 5) is 13.5. The monoisotopic (exact) mass is 318 g/mol. The maximum Gasteiger partial charge on any atom is 0.158 e. The van der Waals surface area contributed by atoms with E-state index in [2.05, 4.69) is 38.0 Å². The van der Waals surface area contributed by atoms with Crippen LogP contribution in [-0.4, -0.2) is 23.7 Å². The number of anilines is 3. The number of aromatic nitrogens is 2. The van der Waals surface area contributed by atoms with E-state index in [9.17, 15) is 0 Å². The molecule has 0 unspecified atom stereocenters. The van der Waals surface area contributed by atoms with Gasteiger partial charge in [0.05, 0.1) is 31.7 Å². The summed E-state index contributed by atoms with van der Waals surface area (Å²) in [7, 11) is 1.68. The molecule has 0 saturated heterocycles. The summed E-state index contributed by atoms with van der Waals surface area (Å²) in [5, 5.41) is 0. The van der Waals surface area contributed by atoms with Crippen LogP contribution in [0, 0.1) is 0 Å². The van der Waals surface area contributed by atoms with Crippen LogP contribution in [-0.2, 0) is 6.54 Å². The summed E-state index contributed by atoms with van der Waals surface area (Å²) in [5.74, 6) is 1.82. The third kappa shape index (κ3) is 2.65. The number of hydrogen-bond donors (Lipinski definition) is 0. The van der Waals surface area contributed by atoms with Gasteiger partial charge in [0.1, 0.15) is 5.75 Å². The van der Waals surface area contributed by atoms with E-state index >= 15 is 0 Å². The van der Waals surface area contributed by atoms with Crippen molar-refractivity contribution in [3.63, 3.8) is 0 Å². The van der Waals surface area contributed by atoms with Crippen molar-refractivity contribution in [2.24, 2.45) is 0 Å². The van der Waals surface area contributed by atoms with E-state index in [0.717, 1.165) is 41.8 Å². The second-order valence-corrected chi connectivity index (χ2v) is 5.63. The number of methoxy groups -OCH3 is 1. The number of hydrogen-bond acceptors (Lipinski definition) is 5. The topological polar surface area (TPSA) is 41.5 Å². The molecule has 2 aromatic heterocycles. The molecular weight excluding hydrogens is 300 g/mol. The number of fused-ring (bicyclic) bond motifs is 1. The van der Waals surface area contributed by atoms with Crippen LogP contribution >= 0.6 is 0 Å². The Balaban J connectivity index is 1.65. The summed E-state index contributed by atoms with van der Waals surface area (Å²) >= 11 is 0. The van der Waals surface area contributed by atoms with E-state index in [4.69, 9.17) is 4.74 Å². The van der Waals surface area contributed by atoms with Crippen LogP contribution in [0.5, 0.6) is 5.75 Å². The van der Waals surface area contributed by atoms with E-state index in [1.807, 2.05) is 48.8 Å². The molecule has 5 heteroatoms. The van der Waals surface area contributed by atoms with Gasteiger partial charge in [0, 0.05) is 18.1 Å². The van der Waals surface area contributed by atoms with E-state index < -0.39 is 0 Å². The van der Waals surface area contributed by atoms with Crippen molar-refractivity contribution in [1.82, 2.24) is 9.97 Å². The molecule has 0 radical (unpaired) electrons. The summed E-state index contributed by atoms with van der Waals surface area (Å²) < 4.78 is 5.25. The maximum atomic E-state index is 5.25. The van der Waals surface area contributed by atoms with E-state index in [1.165, 1.54) is 0 Å². The second-order valence-electron chi connectivity index (χ2n) is 5.63. The highest BCUT2D eigenvalue weighted by atomic mass is 16.5. The fraction of sp³-hybridized carbons (Fsp3) is 0.158. The molecule has 0 amide bonds. The Labute approximate surface area is 141 Å². The molecule has 3 aromatic rings. The minimum atomic E-state index is 0.745. The lowest BCUT2D eigenvalue weighted by molar-refractivity contribution is 0.415. The van der Waals surface area contributed by atoms with Crippen LogP contribution < -0.4 is 14.5 Å². The van der Waals surface area contributed by atoms with Gasteiger partial charge in [-0.3, -0.25) is 4.98 Å². The van der Waals surface area contributed by atoms with Crippen molar-refractivity contribution in [3.05, 3.63) is 72.7 Å². The van der Waals surface area contributed by atoms with Crippen molar-refractivity contribution < 1.29 is 4.74 Å². The Morgan fingerprint density at radius 3 is 2.54 bits per heavy atom. The van der Waals surface area contributed by atoms with Crippen molar-refractivity contribution in [3.8, 4) is 5.75 Å². The molecule has 4 rings (SSSR count). The number of nitrogens with zero attached hydrogens (tertiary/aromatic N) is 4. The molecule has 24 heavy (non-hydrogen) atoms. The summed E-state index contributed by atoms with van der Waals surface area (Å²) in [5.41, 5.74) is 3.27. The Morgan fingerprint density at radius 1 is 0.958 bits per heavy atom. The fourth-order valence-electron chi connectivity index (χ4n) is 2.95. The molecule has 0 bridgehead atoms. The molecule has 120 valence electrons. The highest BCUT2D eigenvalue weighted by Crippen LogP contribution is 2.39. The molecule has 0 fully saturated rings. The molecule has 1 aromatic carbocycles. The molecule has 0 spiro atoms. The highest BCUT2D eigenvalue weighted by molar-refractivity contribution is 5.79. The lowest BCUT2D eigenvalue weighted by Crippen LogP contribution is -2.27. The van der Waals surface area contributed by atoms with Gasteiger partial charge in [-0.1, -0.05) is 6.07 Å². The molecule has 0 atom stereocenters. The quantitative estimate of drug-likeness (QED) is 0.735. The lowest BCUT2D eigenvalue weighted by atomic mass is 10.2. The number of benzene rings is 1.